The Bertz CT molecular complexity index is 1750. The first-order valence-corrected chi connectivity index (χ1v) is 14.9. The molecule has 41 heavy (non-hydrogen) atoms. The van der Waals surface area contributed by atoms with Crippen LogP contribution < -0.4 is 25.6 Å². The summed E-state index contributed by atoms with van der Waals surface area (Å²) in [7, 11) is -0.699. The number of nitrogens with zero attached hydrogens (tertiary/aromatic N) is 3. The molecule has 0 spiro atoms. The van der Waals surface area contributed by atoms with Crippen molar-refractivity contribution in [2.45, 2.75) is 29.9 Å². The van der Waals surface area contributed by atoms with Gasteiger partial charge in [-0.3, -0.25) is 14.2 Å². The predicted octanol–water partition coefficient (Wildman–Crippen LogP) is 2.94. The number of nitrogens with two attached hydrogens (primary N) is 1. The van der Waals surface area contributed by atoms with Crippen molar-refractivity contribution in [2.75, 3.05) is 20.0 Å². The zero-order valence-corrected chi connectivity index (χ0v) is 24.3. The summed E-state index contributed by atoms with van der Waals surface area (Å²) in [4.78, 5) is 30.7. The number of ether oxygens (including phenoxy) is 2. The quantitative estimate of drug-likeness (QED) is 0.116. The Kier molecular flexibility index (Phi) is 9.42. The molecule has 4 aromatic rings. The zero-order valence-electron chi connectivity index (χ0n) is 22.7. The van der Waals surface area contributed by atoms with Gasteiger partial charge in [-0.25, -0.2) is 24.0 Å². The van der Waals surface area contributed by atoms with E-state index in [-0.39, 0.29) is 28.7 Å². The molecule has 0 aliphatic rings. The highest BCUT2D eigenvalue weighted by molar-refractivity contribution is 7.99. The van der Waals surface area contributed by atoms with Crippen LogP contribution in [0.5, 0.6) is 11.5 Å². The first-order chi connectivity index (χ1) is 19.6. The summed E-state index contributed by atoms with van der Waals surface area (Å²) >= 11 is 1.12. The fourth-order valence-electron chi connectivity index (χ4n) is 3.93. The van der Waals surface area contributed by atoms with Crippen LogP contribution in [0, 0.1) is 0 Å². The molecule has 1 heterocycles. The molecule has 0 saturated heterocycles. The third-order valence-corrected chi connectivity index (χ3v) is 8.06. The van der Waals surface area contributed by atoms with Gasteiger partial charge in [0.05, 0.1) is 41.5 Å². The number of aromatic nitrogens is 2. The number of fused-ring (bicyclic) bond motifs is 1. The Morgan fingerprint density at radius 2 is 1.71 bits per heavy atom. The highest BCUT2D eigenvalue weighted by atomic mass is 32.2. The fourth-order valence-corrected chi connectivity index (χ4v) is 5.26. The maximum atomic E-state index is 13.3. The normalized spacial score (nSPS) is 11.9. The van der Waals surface area contributed by atoms with E-state index < -0.39 is 10.0 Å². The molecule has 0 saturated carbocycles. The number of rotatable bonds is 11. The molecule has 0 fully saturated rings. The first-order valence-electron chi connectivity index (χ1n) is 12.4. The van der Waals surface area contributed by atoms with E-state index in [0.717, 1.165) is 22.9 Å². The van der Waals surface area contributed by atoms with Gasteiger partial charge >= 0.3 is 0 Å². The summed E-state index contributed by atoms with van der Waals surface area (Å²) in [6.07, 6.45) is 0.429. The van der Waals surface area contributed by atoms with E-state index in [2.05, 4.69) is 15.5 Å². The number of aryl methyl sites for hydroxylation is 1. The van der Waals surface area contributed by atoms with Crippen LogP contribution in [0.25, 0.3) is 10.9 Å². The molecule has 3 aromatic carbocycles. The summed E-state index contributed by atoms with van der Waals surface area (Å²) in [5.41, 5.74) is 4.91. The average Bonchev–Trinajstić information content (AvgIpc) is 2.97. The van der Waals surface area contributed by atoms with Crippen molar-refractivity contribution < 1.29 is 22.7 Å². The van der Waals surface area contributed by atoms with Gasteiger partial charge in [-0.2, -0.15) is 5.10 Å². The number of hydrogen-bond acceptors (Lipinski definition) is 9. The van der Waals surface area contributed by atoms with Gasteiger partial charge in [-0.1, -0.05) is 36.0 Å². The fraction of sp³-hybridized carbons (Fsp3) is 0.214. The number of primary sulfonamides is 1. The van der Waals surface area contributed by atoms with Gasteiger partial charge in [-0.15, -0.1) is 0 Å². The number of thioether (sulfide) groups is 1. The van der Waals surface area contributed by atoms with Gasteiger partial charge in [0, 0.05) is 18.2 Å². The third kappa shape index (κ3) is 7.51. The molecule has 11 nitrogen and oxygen atoms in total. The van der Waals surface area contributed by atoms with Crippen LogP contribution in [0.15, 0.2) is 86.7 Å². The smallest absolute Gasteiger partial charge is 0.262 e. The van der Waals surface area contributed by atoms with E-state index in [1.165, 1.54) is 16.7 Å². The highest BCUT2D eigenvalue weighted by Gasteiger charge is 2.14. The molecule has 0 aliphatic carbocycles. The lowest BCUT2D eigenvalue weighted by Gasteiger charge is -2.13. The van der Waals surface area contributed by atoms with Crippen LogP contribution in [0.1, 0.15) is 18.1 Å². The van der Waals surface area contributed by atoms with E-state index in [0.29, 0.717) is 39.7 Å². The molecular weight excluding hydrogens is 566 g/mol. The second-order valence-electron chi connectivity index (χ2n) is 8.93. The monoisotopic (exact) mass is 595 g/mol. The molecule has 0 unspecified atom stereocenters. The number of hydrogen-bond donors (Lipinski definition) is 2. The number of methoxy groups -OCH3 is 2. The maximum absolute atomic E-state index is 13.3. The van der Waals surface area contributed by atoms with Gasteiger partial charge < -0.3 is 9.47 Å². The van der Waals surface area contributed by atoms with Crippen LogP contribution in [-0.4, -0.2) is 49.6 Å². The van der Waals surface area contributed by atoms with E-state index in [1.54, 1.807) is 75.7 Å². The molecule has 0 aliphatic heterocycles. The van der Waals surface area contributed by atoms with Gasteiger partial charge in [0.2, 0.25) is 10.0 Å². The van der Waals surface area contributed by atoms with Crippen LogP contribution in [-0.2, 0) is 27.8 Å². The minimum atomic E-state index is -3.80. The Labute approximate surface area is 241 Å². The molecule has 214 valence electrons. The molecular formula is C28H29N5O6S2. The number of para-hydroxylation sites is 1. The van der Waals surface area contributed by atoms with Crippen molar-refractivity contribution in [3.8, 4) is 11.5 Å². The Hall–Kier alpha value is -4.20. The largest absolute Gasteiger partial charge is 0.497 e. The molecule has 0 bridgehead atoms. The van der Waals surface area contributed by atoms with Gasteiger partial charge in [0.1, 0.15) is 11.5 Å². The van der Waals surface area contributed by atoms with E-state index in [9.17, 15) is 18.0 Å². The van der Waals surface area contributed by atoms with Crippen molar-refractivity contribution in [3.63, 3.8) is 0 Å². The second kappa shape index (κ2) is 13.0. The minimum absolute atomic E-state index is 0.0106. The number of benzene rings is 3. The van der Waals surface area contributed by atoms with Crippen LogP contribution in [0.3, 0.4) is 0 Å². The molecule has 1 amide bonds. The van der Waals surface area contributed by atoms with Crippen molar-refractivity contribution >= 4 is 44.3 Å². The van der Waals surface area contributed by atoms with Gasteiger partial charge in [0.15, 0.2) is 5.16 Å². The topological polar surface area (TPSA) is 155 Å². The lowest BCUT2D eigenvalue weighted by atomic mass is 10.1. The Balaban J connectivity index is 1.50. The van der Waals surface area contributed by atoms with Crippen molar-refractivity contribution in [1.82, 2.24) is 15.0 Å². The molecule has 13 heteroatoms. The Morgan fingerprint density at radius 3 is 2.34 bits per heavy atom. The summed E-state index contributed by atoms with van der Waals surface area (Å²) in [6.45, 7) is 2.02. The minimum Gasteiger partial charge on any atom is -0.497 e. The van der Waals surface area contributed by atoms with Gasteiger partial charge in [-0.05, 0) is 55.3 Å². The average molecular weight is 596 g/mol. The summed E-state index contributed by atoms with van der Waals surface area (Å²) in [5.74, 6) is 0.774. The second-order valence-corrected chi connectivity index (χ2v) is 11.4. The number of hydrazone groups is 1. The molecule has 0 atom stereocenters. The third-order valence-electron chi connectivity index (χ3n) is 6.15. The number of nitrogens with one attached hydrogen (secondary N) is 1. The molecule has 3 N–H and O–H groups in total. The van der Waals surface area contributed by atoms with Crippen LogP contribution in [0.2, 0.25) is 0 Å². The van der Waals surface area contributed by atoms with Crippen molar-refractivity contribution in [3.05, 3.63) is 88.2 Å². The lowest BCUT2D eigenvalue weighted by Crippen LogP contribution is -2.26. The first kappa shape index (κ1) is 29.8. The predicted molar refractivity (Wildman–Crippen MR) is 158 cm³/mol. The van der Waals surface area contributed by atoms with Crippen molar-refractivity contribution in [2.24, 2.45) is 10.2 Å². The lowest BCUT2D eigenvalue weighted by molar-refractivity contribution is -0.118. The number of carbonyl (C=O) groups is 1. The standard InChI is InChI=1S/C28H29N5O6S2/c1-18(20-14-21(38-2)16-22(15-20)39-3)31-32-26(34)17-40-28-30-25-7-5-4-6-24(25)27(35)33(28)13-12-19-8-10-23(11-9-19)41(29,36)37/h4-11,14-16H,12-13,17H2,1-3H3,(H,32,34)(H2,29,36,37)/b31-18+. The number of amides is 1. The number of carbonyl (C=O) groups excluding carboxylic acids is 1. The van der Waals surface area contributed by atoms with E-state index >= 15 is 0 Å². The van der Waals surface area contributed by atoms with Crippen LogP contribution in [0.4, 0.5) is 0 Å². The maximum Gasteiger partial charge on any atom is 0.262 e. The van der Waals surface area contributed by atoms with E-state index in [4.69, 9.17) is 14.6 Å². The van der Waals surface area contributed by atoms with Gasteiger partial charge in [0.25, 0.3) is 11.5 Å². The van der Waals surface area contributed by atoms with E-state index in [1.807, 2.05) is 0 Å². The van der Waals surface area contributed by atoms with Crippen molar-refractivity contribution in [1.29, 1.82) is 0 Å². The molecule has 0 radical (unpaired) electrons. The number of sulfonamides is 1. The van der Waals surface area contributed by atoms with Crippen LogP contribution >= 0.6 is 11.8 Å². The summed E-state index contributed by atoms with van der Waals surface area (Å²) in [6, 6.07) is 18.5. The zero-order chi connectivity index (χ0) is 29.6. The molecule has 4 rings (SSSR count). The SMILES string of the molecule is COc1cc(OC)cc(/C(C)=N/NC(=O)CSc2nc3ccccc3c(=O)n2CCc2ccc(S(N)(=O)=O)cc2)c1. The molecule has 1 aromatic heterocycles. The Morgan fingerprint density at radius 1 is 1.05 bits per heavy atom. The summed E-state index contributed by atoms with van der Waals surface area (Å²) < 4.78 is 35.2. The summed E-state index contributed by atoms with van der Waals surface area (Å²) in [5, 5.41) is 10.2. The highest BCUT2D eigenvalue weighted by Crippen LogP contribution is 2.23.